The highest BCUT2D eigenvalue weighted by molar-refractivity contribution is 7.80. The van der Waals surface area contributed by atoms with Gasteiger partial charge in [-0.1, -0.05) is 12.1 Å². The highest BCUT2D eigenvalue weighted by Crippen LogP contribution is 1.98. The Morgan fingerprint density at radius 3 is 2.93 bits per heavy atom. The van der Waals surface area contributed by atoms with Crippen LogP contribution in [0.5, 0.6) is 0 Å². The molecule has 2 rings (SSSR count). The van der Waals surface area contributed by atoms with Gasteiger partial charge in [0.05, 0.1) is 10.7 Å². The van der Waals surface area contributed by atoms with Gasteiger partial charge < -0.3 is 0 Å². The zero-order valence-corrected chi connectivity index (χ0v) is 8.50. The number of fused-ring (bicyclic) bond motifs is 1. The van der Waals surface area contributed by atoms with Crippen molar-refractivity contribution in [2.24, 2.45) is 9.98 Å². The Morgan fingerprint density at radius 1 is 1.29 bits per heavy atom. The number of rotatable bonds is 3. The van der Waals surface area contributed by atoms with Crippen molar-refractivity contribution >= 4 is 18.7 Å². The fourth-order valence-electron chi connectivity index (χ4n) is 1.49. The third-order valence-electron chi connectivity index (χ3n) is 2.13. The molecule has 14 heavy (non-hydrogen) atoms. The zero-order valence-electron chi connectivity index (χ0n) is 7.60. The van der Waals surface area contributed by atoms with E-state index < -0.39 is 6.03 Å². The van der Waals surface area contributed by atoms with Crippen LogP contribution in [0, 0.1) is 0 Å². The van der Waals surface area contributed by atoms with Gasteiger partial charge in [0.15, 0.2) is 0 Å². The molecule has 0 saturated heterocycles. The van der Waals surface area contributed by atoms with Crippen LogP contribution in [0.25, 0.3) is 0 Å². The maximum absolute atomic E-state index is 11.0. The Kier molecular flexibility index (Phi) is 2.63. The van der Waals surface area contributed by atoms with Gasteiger partial charge in [-0.2, -0.15) is 22.6 Å². The summed E-state index contributed by atoms with van der Waals surface area (Å²) in [6.45, 7) is 0. The number of hydrogen-bond acceptors (Lipinski definition) is 2. The molecule has 1 heterocycles. The van der Waals surface area contributed by atoms with Gasteiger partial charge in [0.25, 0.3) is 0 Å². The van der Waals surface area contributed by atoms with Gasteiger partial charge in [-0.25, -0.2) is 4.79 Å². The normalized spacial score (nSPS) is 13.4. The van der Waals surface area contributed by atoms with Crippen molar-refractivity contribution in [2.75, 3.05) is 5.75 Å². The molecule has 0 aliphatic carbocycles. The predicted octanol–water partition coefficient (Wildman–Crippen LogP) is 0.922. The molecule has 0 aromatic heterocycles. The number of carbonyl (C=O) groups is 1. The third-order valence-corrected chi connectivity index (χ3v) is 2.44. The van der Waals surface area contributed by atoms with Crippen molar-refractivity contribution in [3.8, 4) is 0 Å². The average Bonchev–Trinajstić information content (AvgIpc) is 2.55. The second kappa shape index (κ2) is 3.92. The molecule has 1 aromatic rings. The number of carbonyl (C=O) groups excluding carboxylic acids is 1. The van der Waals surface area contributed by atoms with Crippen molar-refractivity contribution < 1.29 is 4.79 Å². The minimum Gasteiger partial charge on any atom is -0.244 e. The average molecular weight is 206 g/mol. The fourth-order valence-corrected chi connectivity index (χ4v) is 1.65. The molecule has 1 aliphatic heterocycles. The smallest absolute Gasteiger partial charge is 0.244 e. The largest absolute Gasteiger partial charge is 0.368 e. The van der Waals surface area contributed by atoms with Crippen molar-refractivity contribution in [2.45, 2.75) is 12.8 Å². The number of hydrogen-bond donors (Lipinski definition) is 1. The maximum atomic E-state index is 11.0. The summed E-state index contributed by atoms with van der Waals surface area (Å²) in [5.41, 5.74) is 1.09. The molecule has 0 N–H and O–H groups in total. The van der Waals surface area contributed by atoms with E-state index >= 15 is 0 Å². The predicted molar refractivity (Wildman–Crippen MR) is 56.3 cm³/mol. The van der Waals surface area contributed by atoms with Gasteiger partial charge >= 0.3 is 6.03 Å². The number of thiol groups is 1. The molecule has 1 aliphatic rings. The Hall–Kier alpha value is -1.16. The molecule has 3 nitrogen and oxygen atoms in total. The van der Waals surface area contributed by atoms with Crippen molar-refractivity contribution in [1.29, 1.82) is 0 Å². The summed E-state index contributed by atoms with van der Waals surface area (Å²) in [5, 5.41) is 1.45. The van der Waals surface area contributed by atoms with Crippen LogP contribution in [0.15, 0.2) is 28.2 Å². The molecule has 4 heteroatoms. The molecule has 1 aromatic carbocycles. The molecule has 0 unspecified atom stereocenters. The molecule has 72 valence electrons. The number of aryl methyl sites for hydroxylation is 1. The molecule has 0 spiro atoms. The van der Waals surface area contributed by atoms with Crippen LogP contribution in [-0.4, -0.2) is 11.8 Å². The van der Waals surface area contributed by atoms with E-state index in [2.05, 4.69) is 22.6 Å². The first kappa shape index (κ1) is 9.40. The van der Waals surface area contributed by atoms with Gasteiger partial charge in [0.1, 0.15) is 0 Å². The summed E-state index contributed by atoms with van der Waals surface area (Å²) in [7, 11) is 0. The Balaban J connectivity index is 2.46. The minimum absolute atomic E-state index is 0.390. The molecule has 0 radical (unpaired) electrons. The van der Waals surface area contributed by atoms with Gasteiger partial charge in [0.2, 0.25) is 0 Å². The third kappa shape index (κ3) is 1.70. The number of urea groups is 1. The Bertz CT molecular complexity index is 481. The molecule has 0 saturated carbocycles. The lowest BCUT2D eigenvalue weighted by Gasteiger charge is -1.97. The minimum atomic E-state index is -0.390. The lowest BCUT2D eigenvalue weighted by molar-refractivity contribution is 0.256. The number of para-hydroxylation sites is 1. The summed E-state index contributed by atoms with van der Waals surface area (Å²) in [5.74, 6) is 0.842. The van der Waals surface area contributed by atoms with Crippen LogP contribution in [0.1, 0.15) is 12.0 Å². The lowest BCUT2D eigenvalue weighted by Crippen LogP contribution is -2.25. The van der Waals surface area contributed by atoms with Gasteiger partial charge in [0, 0.05) is 0 Å². The highest BCUT2D eigenvalue weighted by Gasteiger charge is 2.07. The summed E-state index contributed by atoms with van der Waals surface area (Å²) in [6, 6.07) is 5.32. The number of nitrogens with zero attached hydrogens (tertiary/aromatic N) is 2. The molecule has 0 fully saturated rings. The monoisotopic (exact) mass is 206 g/mol. The summed E-state index contributed by atoms with van der Waals surface area (Å²) in [4.78, 5) is 18.6. The van der Waals surface area contributed by atoms with Gasteiger partial charge in [-0.05, 0) is 30.2 Å². The van der Waals surface area contributed by atoms with Crippen LogP contribution < -0.4 is 10.7 Å². The second-order valence-corrected chi connectivity index (χ2v) is 3.57. The van der Waals surface area contributed by atoms with Crippen molar-refractivity contribution in [3.05, 3.63) is 34.5 Å². The molecular formula is C10H10N2OS. The van der Waals surface area contributed by atoms with Crippen molar-refractivity contribution in [1.82, 2.24) is 0 Å². The van der Waals surface area contributed by atoms with E-state index in [4.69, 9.17) is 0 Å². The van der Waals surface area contributed by atoms with E-state index in [0.717, 1.165) is 29.5 Å². The quantitative estimate of drug-likeness (QED) is 0.734. The molecule has 0 bridgehead atoms. The first-order valence-electron chi connectivity index (χ1n) is 4.51. The SMILES string of the molecule is O=C1N=c2cccc(CCCS)c2=N1. The first-order valence-corrected chi connectivity index (χ1v) is 5.14. The summed E-state index contributed by atoms with van der Waals surface area (Å²) < 4.78 is 0. The van der Waals surface area contributed by atoms with E-state index in [-0.39, 0.29) is 0 Å². The number of amides is 2. The van der Waals surface area contributed by atoms with E-state index in [1.54, 1.807) is 0 Å². The van der Waals surface area contributed by atoms with Crippen LogP contribution in [0.4, 0.5) is 4.79 Å². The molecule has 2 amide bonds. The van der Waals surface area contributed by atoms with Gasteiger partial charge in [-0.15, -0.1) is 0 Å². The maximum Gasteiger partial charge on any atom is 0.368 e. The van der Waals surface area contributed by atoms with Crippen LogP contribution in [0.2, 0.25) is 0 Å². The Labute approximate surface area is 87.0 Å². The summed E-state index contributed by atoms with van der Waals surface area (Å²) in [6.07, 6.45) is 1.89. The summed E-state index contributed by atoms with van der Waals surface area (Å²) >= 11 is 4.15. The van der Waals surface area contributed by atoms with E-state index in [9.17, 15) is 4.79 Å². The topological polar surface area (TPSA) is 41.8 Å². The second-order valence-electron chi connectivity index (χ2n) is 3.12. The first-order chi connectivity index (χ1) is 6.81. The van der Waals surface area contributed by atoms with E-state index in [1.807, 2.05) is 18.2 Å². The standard InChI is InChI=1S/C10H10N2OS/c13-10-11-8-5-1-3-7(4-2-6-14)9(8)12-10/h1,3,5,14H,2,4,6H2. The molecular weight excluding hydrogens is 196 g/mol. The van der Waals surface area contributed by atoms with Crippen LogP contribution in [-0.2, 0) is 6.42 Å². The lowest BCUT2D eigenvalue weighted by atomic mass is 10.1. The van der Waals surface area contributed by atoms with Gasteiger partial charge in [-0.3, -0.25) is 0 Å². The number of benzene rings is 1. The highest BCUT2D eigenvalue weighted by atomic mass is 32.1. The van der Waals surface area contributed by atoms with E-state index in [0.29, 0.717) is 5.36 Å². The Morgan fingerprint density at radius 2 is 2.14 bits per heavy atom. The zero-order chi connectivity index (χ0) is 9.97. The van der Waals surface area contributed by atoms with E-state index in [1.165, 1.54) is 0 Å². The van der Waals surface area contributed by atoms with Crippen molar-refractivity contribution in [3.63, 3.8) is 0 Å². The fraction of sp³-hybridized carbons (Fsp3) is 0.300. The molecule has 0 atom stereocenters. The van der Waals surface area contributed by atoms with Crippen LogP contribution >= 0.6 is 12.6 Å². The van der Waals surface area contributed by atoms with Crippen LogP contribution in [0.3, 0.4) is 0 Å².